The van der Waals surface area contributed by atoms with Gasteiger partial charge in [-0.2, -0.15) is 0 Å². The van der Waals surface area contributed by atoms with Gasteiger partial charge in [-0.15, -0.1) is 0 Å². The Labute approximate surface area is 173 Å². The van der Waals surface area contributed by atoms with Gasteiger partial charge in [0.25, 0.3) is 0 Å². The number of carbonyl (C=O) groups is 1. The van der Waals surface area contributed by atoms with Crippen molar-refractivity contribution in [1.29, 1.82) is 0 Å². The third kappa shape index (κ3) is 3.12. The van der Waals surface area contributed by atoms with Crippen LogP contribution < -0.4 is 14.8 Å². The fourth-order valence-corrected chi connectivity index (χ4v) is 3.94. The van der Waals surface area contributed by atoms with Gasteiger partial charge < -0.3 is 14.8 Å². The number of fused-ring (bicyclic) bond motifs is 1. The topological polar surface area (TPSA) is 47.6 Å². The highest BCUT2D eigenvalue weighted by Crippen LogP contribution is 2.51. The van der Waals surface area contributed by atoms with Crippen molar-refractivity contribution in [3.8, 4) is 22.6 Å². The molecule has 3 aromatic rings. The third-order valence-corrected chi connectivity index (χ3v) is 5.84. The number of amides is 1. The van der Waals surface area contributed by atoms with Crippen LogP contribution >= 0.6 is 11.6 Å². The lowest BCUT2D eigenvalue weighted by Gasteiger charge is -2.17. The summed E-state index contributed by atoms with van der Waals surface area (Å²) in [6.45, 7) is 0.179. The van der Waals surface area contributed by atoms with E-state index in [9.17, 15) is 9.18 Å². The second kappa shape index (κ2) is 6.78. The molecule has 3 aromatic carbocycles. The molecular formula is C23H19ClFNO3. The number of halogens is 2. The van der Waals surface area contributed by atoms with E-state index in [1.54, 1.807) is 18.2 Å². The Morgan fingerprint density at radius 3 is 2.62 bits per heavy atom. The van der Waals surface area contributed by atoms with Gasteiger partial charge in [0.05, 0.1) is 11.1 Å². The molecule has 4 nitrogen and oxygen atoms in total. The van der Waals surface area contributed by atoms with Crippen LogP contribution in [-0.2, 0) is 10.2 Å². The van der Waals surface area contributed by atoms with Gasteiger partial charge in [0.1, 0.15) is 5.82 Å². The summed E-state index contributed by atoms with van der Waals surface area (Å²) in [5.41, 5.74) is 1.83. The van der Waals surface area contributed by atoms with Gasteiger partial charge in [0.2, 0.25) is 12.7 Å². The normalized spacial score (nSPS) is 15.8. The number of hydrogen-bond acceptors (Lipinski definition) is 3. The Hall–Kier alpha value is -3.05. The summed E-state index contributed by atoms with van der Waals surface area (Å²) in [6.07, 6.45) is 1.40. The molecule has 0 bridgehead atoms. The molecule has 0 radical (unpaired) electrons. The van der Waals surface area contributed by atoms with Crippen molar-refractivity contribution in [2.45, 2.75) is 18.3 Å². The summed E-state index contributed by atoms with van der Waals surface area (Å²) >= 11 is 6.26. The first-order valence-electron chi connectivity index (χ1n) is 9.33. The molecule has 2 aliphatic rings. The van der Waals surface area contributed by atoms with Crippen LogP contribution in [0.25, 0.3) is 11.1 Å². The average molecular weight is 412 g/mol. The first-order chi connectivity index (χ1) is 14.1. The zero-order valence-electron chi connectivity index (χ0n) is 15.4. The number of rotatable bonds is 4. The predicted octanol–water partition coefficient (Wildman–Crippen LogP) is 5.79. The number of carbonyl (C=O) groups excluding carboxylic acids is 1. The number of hydrogen-bond donors (Lipinski definition) is 1. The van der Waals surface area contributed by atoms with Gasteiger partial charge in [-0.25, -0.2) is 4.39 Å². The monoisotopic (exact) mass is 411 g/mol. The smallest absolute Gasteiger partial charge is 0.235 e. The summed E-state index contributed by atoms with van der Waals surface area (Å²) in [6, 6.07) is 17.5. The van der Waals surface area contributed by atoms with Gasteiger partial charge in [0.15, 0.2) is 11.5 Å². The second-order valence-corrected chi connectivity index (χ2v) is 7.69. The molecule has 5 rings (SSSR count). The van der Waals surface area contributed by atoms with E-state index < -0.39 is 11.2 Å². The van der Waals surface area contributed by atoms with Crippen molar-refractivity contribution >= 4 is 23.2 Å². The Kier molecular flexibility index (Phi) is 4.21. The van der Waals surface area contributed by atoms with E-state index in [1.807, 2.05) is 36.4 Å². The van der Waals surface area contributed by atoms with Crippen molar-refractivity contribution in [2.24, 2.45) is 0 Å². The van der Waals surface area contributed by atoms with E-state index in [2.05, 4.69) is 5.32 Å². The van der Waals surface area contributed by atoms with E-state index in [0.29, 0.717) is 29.4 Å². The Balaban J connectivity index is 0.00000218. The van der Waals surface area contributed by atoms with Gasteiger partial charge in [0, 0.05) is 12.0 Å². The molecule has 1 heterocycles. The van der Waals surface area contributed by atoms with Crippen molar-refractivity contribution in [2.75, 3.05) is 12.1 Å². The largest absolute Gasteiger partial charge is 0.454 e. The standard InChI is InChI=1S/C23H17ClFNO3.H2/c24-17-4-2-1-3-16(17)14-5-7-18(25)19(11-14)26-22(27)23(9-10-23)15-6-8-20-21(12-15)29-13-28-20;/h1-8,11-12H,9-10,13H2,(H,26,27);1H. The van der Waals surface area contributed by atoms with Gasteiger partial charge >= 0.3 is 0 Å². The third-order valence-electron chi connectivity index (χ3n) is 5.51. The van der Waals surface area contributed by atoms with E-state index >= 15 is 0 Å². The molecular weight excluding hydrogens is 393 g/mol. The lowest BCUT2D eigenvalue weighted by Crippen LogP contribution is -2.28. The molecule has 148 valence electrons. The predicted molar refractivity (Wildman–Crippen MR) is 111 cm³/mol. The highest BCUT2D eigenvalue weighted by atomic mass is 35.5. The van der Waals surface area contributed by atoms with Crippen molar-refractivity contribution in [3.63, 3.8) is 0 Å². The Morgan fingerprint density at radius 2 is 1.83 bits per heavy atom. The van der Waals surface area contributed by atoms with Gasteiger partial charge in [-0.05, 0) is 54.3 Å². The quantitative estimate of drug-likeness (QED) is 0.591. The first-order valence-corrected chi connectivity index (χ1v) is 9.71. The van der Waals surface area contributed by atoms with Crippen LogP contribution in [0.15, 0.2) is 60.7 Å². The van der Waals surface area contributed by atoms with Crippen molar-refractivity contribution in [3.05, 3.63) is 77.1 Å². The van der Waals surface area contributed by atoms with E-state index in [4.69, 9.17) is 21.1 Å². The number of benzene rings is 3. The summed E-state index contributed by atoms with van der Waals surface area (Å²) in [7, 11) is 0. The molecule has 0 unspecified atom stereocenters. The molecule has 1 amide bonds. The second-order valence-electron chi connectivity index (χ2n) is 7.28. The maximum absolute atomic E-state index is 14.5. The Bertz CT molecular complexity index is 1130. The molecule has 0 aromatic heterocycles. The fourth-order valence-electron chi connectivity index (χ4n) is 3.69. The van der Waals surface area contributed by atoms with E-state index in [0.717, 1.165) is 16.7 Å². The van der Waals surface area contributed by atoms with Crippen molar-refractivity contribution in [1.82, 2.24) is 0 Å². The van der Waals surface area contributed by atoms with Crippen LogP contribution in [0.3, 0.4) is 0 Å². The minimum absolute atomic E-state index is 0. The van der Waals surface area contributed by atoms with E-state index in [1.165, 1.54) is 6.07 Å². The molecule has 1 fully saturated rings. The van der Waals surface area contributed by atoms with Crippen molar-refractivity contribution < 1.29 is 20.1 Å². The number of ether oxygens (including phenoxy) is 2. The van der Waals surface area contributed by atoms with E-state index in [-0.39, 0.29) is 19.8 Å². The Morgan fingerprint density at radius 1 is 1.03 bits per heavy atom. The molecule has 1 saturated carbocycles. The molecule has 1 aliphatic carbocycles. The van der Waals surface area contributed by atoms with Gasteiger partial charge in [-0.3, -0.25) is 4.79 Å². The summed E-state index contributed by atoms with van der Waals surface area (Å²) < 4.78 is 25.2. The lowest BCUT2D eigenvalue weighted by molar-refractivity contribution is -0.118. The van der Waals surface area contributed by atoms with Crippen LogP contribution in [-0.4, -0.2) is 12.7 Å². The van der Waals surface area contributed by atoms with Crippen LogP contribution in [0.2, 0.25) is 5.02 Å². The SMILES string of the molecule is O=C(Nc1cc(-c2ccccc2Cl)ccc1F)C1(c2ccc3c(c2)OCO3)CC1.[HH]. The van der Waals surface area contributed by atoms with Crippen LogP contribution in [0.5, 0.6) is 11.5 Å². The molecule has 1 aliphatic heterocycles. The zero-order valence-corrected chi connectivity index (χ0v) is 16.1. The van der Waals surface area contributed by atoms with Crippen LogP contribution in [0.1, 0.15) is 19.8 Å². The average Bonchev–Trinajstić information content (AvgIpc) is 3.41. The summed E-state index contributed by atoms with van der Waals surface area (Å²) in [5.74, 6) is 0.583. The van der Waals surface area contributed by atoms with Crippen LogP contribution in [0.4, 0.5) is 10.1 Å². The molecule has 0 spiro atoms. The number of nitrogens with one attached hydrogen (secondary N) is 1. The maximum Gasteiger partial charge on any atom is 0.235 e. The summed E-state index contributed by atoms with van der Waals surface area (Å²) in [4.78, 5) is 13.1. The highest BCUT2D eigenvalue weighted by molar-refractivity contribution is 6.33. The summed E-state index contributed by atoms with van der Waals surface area (Å²) in [5, 5.41) is 3.34. The lowest BCUT2D eigenvalue weighted by atomic mass is 9.94. The molecule has 6 heteroatoms. The maximum atomic E-state index is 14.5. The fraction of sp³-hybridized carbons (Fsp3) is 0.174. The van der Waals surface area contributed by atoms with Gasteiger partial charge in [-0.1, -0.05) is 41.9 Å². The molecule has 29 heavy (non-hydrogen) atoms. The highest BCUT2D eigenvalue weighted by Gasteiger charge is 2.51. The molecule has 1 N–H and O–H groups in total. The van der Waals surface area contributed by atoms with Crippen LogP contribution in [0, 0.1) is 5.82 Å². The minimum atomic E-state index is -0.673. The molecule has 0 atom stereocenters. The number of anilines is 1. The molecule has 0 saturated heterocycles. The minimum Gasteiger partial charge on any atom is -0.454 e. The zero-order chi connectivity index (χ0) is 20.0. The first kappa shape index (κ1) is 18.0.